The number of alkyl halides is 1. The Hall–Kier alpha value is -0.770. The molecule has 2 atom stereocenters. The fourth-order valence-corrected chi connectivity index (χ4v) is 3.42. The van der Waals surface area contributed by atoms with Crippen LogP contribution in [0.2, 0.25) is 0 Å². The van der Waals surface area contributed by atoms with Crippen molar-refractivity contribution in [2.75, 3.05) is 23.4 Å². The molecule has 1 aromatic heterocycles. The number of aromatic nitrogens is 1. The van der Waals surface area contributed by atoms with E-state index in [-0.39, 0.29) is 0 Å². The molecule has 1 aromatic rings. The summed E-state index contributed by atoms with van der Waals surface area (Å²) in [7, 11) is 0. The van der Waals surface area contributed by atoms with E-state index in [9.17, 15) is 0 Å². The molecule has 0 saturated carbocycles. The van der Waals surface area contributed by atoms with Crippen molar-refractivity contribution < 1.29 is 4.74 Å². The largest absolute Gasteiger partial charge is 0.490 e. The molecular formula is C14H21BrN2O. The van der Waals surface area contributed by atoms with Crippen molar-refractivity contribution in [3.05, 3.63) is 18.3 Å². The lowest BCUT2D eigenvalue weighted by molar-refractivity contribution is 0.316. The number of hydrogen-bond donors (Lipinski definition) is 0. The highest BCUT2D eigenvalue weighted by atomic mass is 79.9. The van der Waals surface area contributed by atoms with Crippen LogP contribution in [0.4, 0.5) is 5.82 Å². The van der Waals surface area contributed by atoms with Gasteiger partial charge in [0.2, 0.25) is 0 Å². The van der Waals surface area contributed by atoms with Crippen molar-refractivity contribution in [1.82, 2.24) is 4.98 Å². The molecule has 3 nitrogen and oxygen atoms in total. The molecule has 0 aromatic carbocycles. The van der Waals surface area contributed by atoms with Crippen LogP contribution in [0, 0.1) is 5.92 Å². The summed E-state index contributed by atoms with van der Waals surface area (Å²) in [5.74, 6) is 2.62. The first-order chi connectivity index (χ1) is 8.77. The van der Waals surface area contributed by atoms with Crippen LogP contribution in [0.15, 0.2) is 18.3 Å². The van der Waals surface area contributed by atoms with E-state index in [0.29, 0.717) is 12.0 Å². The number of anilines is 1. The van der Waals surface area contributed by atoms with E-state index in [2.05, 4.69) is 39.7 Å². The first-order valence-corrected chi connectivity index (χ1v) is 7.80. The van der Waals surface area contributed by atoms with Gasteiger partial charge in [-0.1, -0.05) is 29.8 Å². The summed E-state index contributed by atoms with van der Waals surface area (Å²) in [6.07, 6.45) is 4.09. The van der Waals surface area contributed by atoms with Gasteiger partial charge in [-0.2, -0.15) is 0 Å². The summed E-state index contributed by atoms with van der Waals surface area (Å²) >= 11 is 3.62. The van der Waals surface area contributed by atoms with Gasteiger partial charge < -0.3 is 9.64 Å². The molecule has 1 aliphatic heterocycles. The summed E-state index contributed by atoms with van der Waals surface area (Å²) in [4.78, 5) is 6.91. The fourth-order valence-electron chi connectivity index (χ4n) is 2.43. The predicted octanol–water partition coefficient (Wildman–Crippen LogP) is 3.48. The second kappa shape index (κ2) is 6.41. The van der Waals surface area contributed by atoms with Crippen LogP contribution in [0.3, 0.4) is 0 Å². The lowest BCUT2D eigenvalue weighted by atomic mass is 10.1. The standard InChI is InChI=1S/C14H21BrN2O/c1-3-9-18-13-5-4-7-16-14(13)17-8-6-11(2)12(17)10-15/h4-5,7,11-12H,3,6,8-10H2,1-2H3. The summed E-state index contributed by atoms with van der Waals surface area (Å²) in [5.41, 5.74) is 0. The Kier molecular flexibility index (Phi) is 4.87. The van der Waals surface area contributed by atoms with Crippen LogP contribution in [0.1, 0.15) is 26.7 Å². The normalized spacial score (nSPS) is 23.4. The minimum absolute atomic E-state index is 0.517. The van der Waals surface area contributed by atoms with Crippen LogP contribution in [-0.2, 0) is 0 Å². The smallest absolute Gasteiger partial charge is 0.171 e. The van der Waals surface area contributed by atoms with Crippen molar-refractivity contribution in [1.29, 1.82) is 0 Å². The van der Waals surface area contributed by atoms with Gasteiger partial charge >= 0.3 is 0 Å². The van der Waals surface area contributed by atoms with Crippen LogP contribution in [-0.4, -0.2) is 29.5 Å². The molecule has 1 saturated heterocycles. The molecule has 0 amide bonds. The van der Waals surface area contributed by atoms with Gasteiger partial charge in [-0.25, -0.2) is 4.98 Å². The molecule has 2 rings (SSSR count). The van der Waals surface area contributed by atoms with Gasteiger partial charge in [0.15, 0.2) is 11.6 Å². The summed E-state index contributed by atoms with van der Waals surface area (Å²) in [5, 5.41) is 0.984. The molecule has 0 radical (unpaired) electrons. The number of nitrogens with zero attached hydrogens (tertiary/aromatic N) is 2. The van der Waals surface area contributed by atoms with Gasteiger partial charge in [0.1, 0.15) is 0 Å². The lowest BCUT2D eigenvalue weighted by Crippen LogP contribution is -2.34. The van der Waals surface area contributed by atoms with Crippen molar-refractivity contribution in [2.45, 2.75) is 32.7 Å². The third kappa shape index (κ3) is 2.79. The molecule has 2 unspecified atom stereocenters. The lowest BCUT2D eigenvalue weighted by Gasteiger charge is -2.27. The summed E-state index contributed by atoms with van der Waals surface area (Å²) in [6.45, 7) is 6.24. The van der Waals surface area contributed by atoms with Crippen molar-refractivity contribution >= 4 is 21.7 Å². The fraction of sp³-hybridized carbons (Fsp3) is 0.643. The highest BCUT2D eigenvalue weighted by Gasteiger charge is 2.32. The average Bonchev–Trinajstić information content (AvgIpc) is 2.77. The molecule has 100 valence electrons. The topological polar surface area (TPSA) is 25.4 Å². The maximum atomic E-state index is 5.81. The zero-order valence-electron chi connectivity index (χ0n) is 11.1. The third-order valence-electron chi connectivity index (χ3n) is 3.53. The van der Waals surface area contributed by atoms with Gasteiger partial charge in [0.25, 0.3) is 0 Å². The van der Waals surface area contributed by atoms with Crippen LogP contribution < -0.4 is 9.64 Å². The Balaban J connectivity index is 2.21. The van der Waals surface area contributed by atoms with Gasteiger partial charge in [-0.15, -0.1) is 0 Å². The molecule has 0 spiro atoms. The Labute approximate surface area is 118 Å². The average molecular weight is 313 g/mol. The monoisotopic (exact) mass is 312 g/mol. The molecule has 0 bridgehead atoms. The highest BCUT2D eigenvalue weighted by Crippen LogP contribution is 2.34. The number of hydrogen-bond acceptors (Lipinski definition) is 3. The Morgan fingerprint density at radius 1 is 1.56 bits per heavy atom. The second-order valence-corrected chi connectivity index (χ2v) is 5.50. The zero-order chi connectivity index (χ0) is 13.0. The molecule has 0 aliphatic carbocycles. The van der Waals surface area contributed by atoms with E-state index < -0.39 is 0 Å². The van der Waals surface area contributed by atoms with E-state index >= 15 is 0 Å². The number of pyridine rings is 1. The molecule has 4 heteroatoms. The SMILES string of the molecule is CCCOc1cccnc1N1CCC(C)C1CBr. The van der Waals surface area contributed by atoms with E-state index in [1.165, 1.54) is 6.42 Å². The van der Waals surface area contributed by atoms with E-state index in [0.717, 1.165) is 36.5 Å². The second-order valence-electron chi connectivity index (χ2n) is 4.85. The van der Waals surface area contributed by atoms with E-state index in [1.807, 2.05) is 18.3 Å². The molecule has 0 N–H and O–H groups in total. The minimum Gasteiger partial charge on any atom is -0.490 e. The van der Waals surface area contributed by atoms with Crippen molar-refractivity contribution in [3.8, 4) is 5.75 Å². The number of ether oxygens (including phenoxy) is 1. The Bertz CT molecular complexity index is 386. The number of rotatable bonds is 5. The van der Waals surface area contributed by atoms with Crippen molar-refractivity contribution in [3.63, 3.8) is 0 Å². The summed E-state index contributed by atoms with van der Waals surface area (Å²) < 4.78 is 5.81. The van der Waals surface area contributed by atoms with Gasteiger partial charge in [0.05, 0.1) is 6.61 Å². The van der Waals surface area contributed by atoms with Crippen molar-refractivity contribution in [2.24, 2.45) is 5.92 Å². The van der Waals surface area contributed by atoms with Crippen LogP contribution in [0.25, 0.3) is 0 Å². The van der Waals surface area contributed by atoms with E-state index in [1.54, 1.807) is 0 Å². The molecule has 1 aliphatic rings. The predicted molar refractivity (Wildman–Crippen MR) is 78.7 cm³/mol. The Morgan fingerprint density at radius 3 is 3.11 bits per heavy atom. The third-order valence-corrected chi connectivity index (χ3v) is 4.19. The van der Waals surface area contributed by atoms with Gasteiger partial charge in [0, 0.05) is 24.1 Å². The van der Waals surface area contributed by atoms with Gasteiger partial charge in [-0.05, 0) is 30.9 Å². The quantitative estimate of drug-likeness (QED) is 0.778. The minimum atomic E-state index is 0.517. The zero-order valence-corrected chi connectivity index (χ0v) is 12.7. The highest BCUT2D eigenvalue weighted by molar-refractivity contribution is 9.09. The molecule has 18 heavy (non-hydrogen) atoms. The molecule has 1 fully saturated rings. The first-order valence-electron chi connectivity index (χ1n) is 6.68. The Morgan fingerprint density at radius 2 is 2.39 bits per heavy atom. The maximum absolute atomic E-state index is 5.81. The van der Waals surface area contributed by atoms with Crippen LogP contribution in [0.5, 0.6) is 5.75 Å². The maximum Gasteiger partial charge on any atom is 0.171 e. The summed E-state index contributed by atoms with van der Waals surface area (Å²) in [6, 6.07) is 4.48. The first kappa shape index (κ1) is 13.7. The number of halogens is 1. The molecular weight excluding hydrogens is 292 g/mol. The van der Waals surface area contributed by atoms with E-state index in [4.69, 9.17) is 4.74 Å². The van der Waals surface area contributed by atoms with Gasteiger partial charge in [-0.3, -0.25) is 0 Å². The molecule has 2 heterocycles. The van der Waals surface area contributed by atoms with Crippen LogP contribution >= 0.6 is 15.9 Å².